The Bertz CT molecular complexity index is 1240. The van der Waals surface area contributed by atoms with E-state index < -0.39 is 0 Å². The lowest BCUT2D eigenvalue weighted by molar-refractivity contribution is 0.209. The fourth-order valence-electron chi connectivity index (χ4n) is 6.19. The molecular formula is C34H42FNO3. The number of benzene rings is 3. The largest absolute Gasteiger partial charge is 0.497 e. The van der Waals surface area contributed by atoms with Crippen LogP contribution in [0.5, 0.6) is 17.2 Å². The van der Waals surface area contributed by atoms with E-state index in [9.17, 15) is 4.39 Å². The molecule has 0 aromatic heterocycles. The van der Waals surface area contributed by atoms with Crippen molar-refractivity contribution in [3.8, 4) is 17.2 Å². The first-order valence-electron chi connectivity index (χ1n) is 14.6. The van der Waals surface area contributed by atoms with Gasteiger partial charge in [0.1, 0.15) is 18.1 Å². The van der Waals surface area contributed by atoms with Crippen LogP contribution in [0.2, 0.25) is 0 Å². The normalized spacial score (nSPS) is 17.8. The van der Waals surface area contributed by atoms with Crippen LogP contribution in [-0.2, 0) is 25.7 Å². The summed E-state index contributed by atoms with van der Waals surface area (Å²) in [6.45, 7) is 3.64. The second-order valence-electron chi connectivity index (χ2n) is 11.0. The second kappa shape index (κ2) is 13.3. The fraction of sp³-hybridized carbons (Fsp3) is 0.471. The molecule has 0 N–H and O–H groups in total. The Kier molecular flexibility index (Phi) is 9.41. The maximum atomic E-state index is 14.9. The minimum atomic E-state index is -0.270. The smallest absolute Gasteiger partial charge is 0.165 e. The van der Waals surface area contributed by atoms with Gasteiger partial charge < -0.3 is 14.2 Å². The van der Waals surface area contributed by atoms with Crippen LogP contribution in [-0.4, -0.2) is 45.4 Å². The van der Waals surface area contributed by atoms with E-state index in [1.807, 2.05) is 6.07 Å². The zero-order valence-corrected chi connectivity index (χ0v) is 23.5. The molecule has 39 heavy (non-hydrogen) atoms. The van der Waals surface area contributed by atoms with Gasteiger partial charge in [0.2, 0.25) is 0 Å². The third-order valence-corrected chi connectivity index (χ3v) is 8.47. The molecule has 1 saturated heterocycles. The van der Waals surface area contributed by atoms with Gasteiger partial charge >= 0.3 is 0 Å². The highest BCUT2D eigenvalue weighted by Gasteiger charge is 2.23. The van der Waals surface area contributed by atoms with Crippen molar-refractivity contribution in [1.82, 2.24) is 4.90 Å². The highest BCUT2D eigenvalue weighted by Crippen LogP contribution is 2.37. The first kappa shape index (κ1) is 27.5. The van der Waals surface area contributed by atoms with Crippen molar-refractivity contribution in [3.05, 3.63) is 88.2 Å². The minimum absolute atomic E-state index is 0.270. The Morgan fingerprint density at radius 3 is 2.36 bits per heavy atom. The van der Waals surface area contributed by atoms with Crippen molar-refractivity contribution in [3.63, 3.8) is 0 Å². The zero-order chi connectivity index (χ0) is 27.0. The second-order valence-corrected chi connectivity index (χ2v) is 11.0. The molecule has 1 fully saturated rings. The molecule has 0 saturated carbocycles. The lowest BCUT2D eigenvalue weighted by Crippen LogP contribution is -2.29. The summed E-state index contributed by atoms with van der Waals surface area (Å²) in [4.78, 5) is 2.44. The number of nitrogens with zero attached hydrogens (tertiary/aromatic N) is 1. The van der Waals surface area contributed by atoms with Crippen molar-refractivity contribution in [1.29, 1.82) is 0 Å². The molecule has 0 amide bonds. The summed E-state index contributed by atoms with van der Waals surface area (Å²) in [6.07, 6.45) is 9.92. The van der Waals surface area contributed by atoms with Gasteiger partial charge in [-0.05, 0) is 128 Å². The van der Waals surface area contributed by atoms with Crippen molar-refractivity contribution in [2.24, 2.45) is 0 Å². The SMILES string of the molecule is COc1ccc2c(c1)CCC(c1ccc(OC)cc1CCc1ccc(OCCN3CCCCCC3)c(F)c1)C2. The summed E-state index contributed by atoms with van der Waals surface area (Å²) in [5.74, 6) is 2.35. The molecule has 3 aromatic carbocycles. The van der Waals surface area contributed by atoms with E-state index in [4.69, 9.17) is 14.2 Å². The molecule has 3 aromatic rings. The van der Waals surface area contributed by atoms with E-state index in [-0.39, 0.29) is 5.82 Å². The summed E-state index contributed by atoms with van der Waals surface area (Å²) >= 11 is 0. The summed E-state index contributed by atoms with van der Waals surface area (Å²) in [5.41, 5.74) is 6.45. The summed E-state index contributed by atoms with van der Waals surface area (Å²) in [6, 6.07) is 18.4. The molecule has 5 rings (SSSR count). The predicted molar refractivity (Wildman–Crippen MR) is 155 cm³/mol. The van der Waals surface area contributed by atoms with Crippen molar-refractivity contribution < 1.29 is 18.6 Å². The van der Waals surface area contributed by atoms with Crippen LogP contribution >= 0.6 is 0 Å². The molecule has 208 valence electrons. The van der Waals surface area contributed by atoms with E-state index in [0.29, 0.717) is 18.3 Å². The van der Waals surface area contributed by atoms with Crippen molar-refractivity contribution in [2.45, 2.75) is 63.7 Å². The van der Waals surface area contributed by atoms with Gasteiger partial charge in [-0.25, -0.2) is 4.39 Å². The fourth-order valence-corrected chi connectivity index (χ4v) is 6.19. The average molecular weight is 532 g/mol. The van der Waals surface area contributed by atoms with Crippen LogP contribution in [0.1, 0.15) is 65.8 Å². The molecule has 0 radical (unpaired) electrons. The molecule has 0 spiro atoms. The Labute approximate surface area is 233 Å². The zero-order valence-electron chi connectivity index (χ0n) is 23.5. The van der Waals surface area contributed by atoms with Gasteiger partial charge in [0.05, 0.1) is 14.2 Å². The Morgan fingerprint density at radius 2 is 1.59 bits per heavy atom. The van der Waals surface area contributed by atoms with Gasteiger partial charge in [0, 0.05) is 6.54 Å². The van der Waals surface area contributed by atoms with E-state index >= 15 is 0 Å². The van der Waals surface area contributed by atoms with Crippen LogP contribution in [0.4, 0.5) is 4.39 Å². The summed E-state index contributed by atoms with van der Waals surface area (Å²) in [7, 11) is 3.44. The number of likely N-dealkylation sites (tertiary alicyclic amines) is 1. The molecule has 1 unspecified atom stereocenters. The van der Waals surface area contributed by atoms with E-state index in [1.54, 1.807) is 26.4 Å². The van der Waals surface area contributed by atoms with Crippen LogP contribution in [0.3, 0.4) is 0 Å². The third kappa shape index (κ3) is 7.13. The number of hydrogen-bond donors (Lipinski definition) is 0. The molecule has 1 aliphatic heterocycles. The van der Waals surface area contributed by atoms with Crippen LogP contribution < -0.4 is 14.2 Å². The van der Waals surface area contributed by atoms with E-state index in [2.05, 4.69) is 41.3 Å². The van der Waals surface area contributed by atoms with Gasteiger partial charge in [-0.1, -0.05) is 31.0 Å². The van der Waals surface area contributed by atoms with Gasteiger partial charge in [0.25, 0.3) is 0 Å². The topological polar surface area (TPSA) is 30.9 Å². The predicted octanol–water partition coefficient (Wildman–Crippen LogP) is 7.16. The highest BCUT2D eigenvalue weighted by molar-refractivity contribution is 5.43. The lowest BCUT2D eigenvalue weighted by atomic mass is 9.78. The summed E-state index contributed by atoms with van der Waals surface area (Å²) < 4.78 is 31.7. The number of methoxy groups -OCH3 is 2. The third-order valence-electron chi connectivity index (χ3n) is 8.47. The average Bonchev–Trinajstić information content (AvgIpc) is 3.25. The maximum Gasteiger partial charge on any atom is 0.165 e. The van der Waals surface area contributed by atoms with Crippen LogP contribution in [0.25, 0.3) is 0 Å². The molecule has 1 aliphatic carbocycles. The maximum absolute atomic E-state index is 14.9. The van der Waals surface area contributed by atoms with Crippen LogP contribution in [0, 0.1) is 5.82 Å². The number of ether oxygens (including phenoxy) is 3. The van der Waals surface area contributed by atoms with Crippen molar-refractivity contribution in [2.75, 3.05) is 40.5 Å². The molecule has 4 nitrogen and oxygen atoms in total. The molecule has 0 bridgehead atoms. The van der Waals surface area contributed by atoms with Gasteiger partial charge in [-0.3, -0.25) is 4.90 Å². The molecule has 2 aliphatic rings. The Morgan fingerprint density at radius 1 is 0.821 bits per heavy atom. The number of halogens is 1. The Hall–Kier alpha value is -3.05. The number of hydrogen-bond acceptors (Lipinski definition) is 4. The quantitative estimate of drug-likeness (QED) is 0.278. The Balaban J connectivity index is 1.22. The van der Waals surface area contributed by atoms with Gasteiger partial charge in [-0.2, -0.15) is 0 Å². The van der Waals surface area contributed by atoms with Gasteiger partial charge in [0.15, 0.2) is 11.6 Å². The first-order valence-corrected chi connectivity index (χ1v) is 14.6. The standard InChI is InChI=1S/C34H42FNO3/c1-37-30-13-12-26-22-28(11-10-27(26)23-30)32-15-14-31(38-2)24-29(32)9-7-25-8-16-34(33(35)21-25)39-20-19-36-17-5-3-4-6-18-36/h8,12-16,21,23-24,28H,3-7,9-11,17-20,22H2,1-2H3. The molecular weight excluding hydrogens is 489 g/mol. The molecule has 1 heterocycles. The highest BCUT2D eigenvalue weighted by atomic mass is 19.1. The molecule has 1 atom stereocenters. The number of aryl methyl sites for hydroxylation is 3. The van der Waals surface area contributed by atoms with E-state index in [0.717, 1.165) is 68.8 Å². The van der Waals surface area contributed by atoms with Crippen molar-refractivity contribution >= 4 is 0 Å². The summed E-state index contributed by atoms with van der Waals surface area (Å²) in [5, 5.41) is 0. The van der Waals surface area contributed by atoms with Gasteiger partial charge in [-0.15, -0.1) is 0 Å². The lowest BCUT2D eigenvalue weighted by Gasteiger charge is -2.27. The minimum Gasteiger partial charge on any atom is -0.497 e. The monoisotopic (exact) mass is 531 g/mol. The number of rotatable bonds is 10. The first-order chi connectivity index (χ1) is 19.1. The molecule has 5 heteroatoms. The number of fused-ring (bicyclic) bond motifs is 1. The van der Waals surface area contributed by atoms with E-state index in [1.165, 1.54) is 47.9 Å². The van der Waals surface area contributed by atoms with Crippen LogP contribution in [0.15, 0.2) is 54.6 Å².